The lowest BCUT2D eigenvalue weighted by molar-refractivity contribution is 0.0700. The first-order valence-electron chi connectivity index (χ1n) is 7.27. The van der Waals surface area contributed by atoms with Gasteiger partial charge in [-0.25, -0.2) is 0 Å². The number of thioether (sulfide) groups is 1. The molecule has 1 heterocycles. The molecule has 2 aliphatic carbocycles. The van der Waals surface area contributed by atoms with Crippen molar-refractivity contribution < 1.29 is 0 Å². The summed E-state index contributed by atoms with van der Waals surface area (Å²) in [6.07, 6.45) is 9.47. The van der Waals surface area contributed by atoms with Crippen LogP contribution in [0.1, 0.15) is 44.9 Å². The number of nitrogens with one attached hydrogen (secondary N) is 1. The molecule has 3 rings (SSSR count). The number of nitrogens with zero attached hydrogens (tertiary/aromatic N) is 2. The number of likely N-dealkylation sites (N-methyl/N-ethyl adjacent to an activating group) is 1. The van der Waals surface area contributed by atoms with Crippen molar-refractivity contribution in [1.82, 2.24) is 10.2 Å². The quantitative estimate of drug-likeness (QED) is 0.851. The second-order valence-electron chi connectivity index (χ2n) is 6.49. The van der Waals surface area contributed by atoms with Gasteiger partial charge in [0.2, 0.25) is 0 Å². The topological polar surface area (TPSA) is 27.6 Å². The zero-order chi connectivity index (χ0) is 12.6. The van der Waals surface area contributed by atoms with Crippen molar-refractivity contribution in [3.63, 3.8) is 0 Å². The van der Waals surface area contributed by atoms with Crippen molar-refractivity contribution in [3.05, 3.63) is 0 Å². The van der Waals surface area contributed by atoms with E-state index in [0.29, 0.717) is 11.1 Å². The normalized spacial score (nSPS) is 30.9. The van der Waals surface area contributed by atoms with Gasteiger partial charge >= 0.3 is 0 Å². The average molecular weight is 267 g/mol. The van der Waals surface area contributed by atoms with Crippen LogP contribution in [0.3, 0.4) is 0 Å². The summed E-state index contributed by atoms with van der Waals surface area (Å²) in [7, 11) is 4.40. The number of aliphatic imine (C=N–C) groups is 1. The molecule has 102 valence electrons. The monoisotopic (exact) mass is 267 g/mol. The molecular weight excluding hydrogens is 242 g/mol. The molecule has 18 heavy (non-hydrogen) atoms. The Labute approximate surface area is 115 Å². The van der Waals surface area contributed by atoms with Gasteiger partial charge in [-0.2, -0.15) is 0 Å². The molecule has 0 amide bonds. The molecule has 1 N–H and O–H groups in total. The maximum atomic E-state index is 4.88. The molecule has 3 nitrogen and oxygen atoms in total. The molecule has 1 spiro atoms. The average Bonchev–Trinajstić information content (AvgIpc) is 2.88. The van der Waals surface area contributed by atoms with Gasteiger partial charge in [-0.3, -0.25) is 4.99 Å². The molecule has 0 aromatic heterocycles. The molecule has 1 aliphatic heterocycles. The van der Waals surface area contributed by atoms with Crippen molar-refractivity contribution >= 4 is 16.9 Å². The lowest BCUT2D eigenvalue weighted by atomic mass is 9.76. The molecule has 0 atom stereocenters. The fourth-order valence-electron chi connectivity index (χ4n) is 3.46. The second-order valence-corrected chi connectivity index (χ2v) is 7.46. The molecule has 0 radical (unpaired) electrons. The Hall–Kier alpha value is -0.220. The van der Waals surface area contributed by atoms with Crippen LogP contribution in [0.2, 0.25) is 0 Å². The molecular formula is C14H25N3S. The third-order valence-corrected chi connectivity index (χ3v) is 6.37. The van der Waals surface area contributed by atoms with Crippen LogP contribution < -0.4 is 5.32 Å². The first-order chi connectivity index (χ1) is 8.64. The standard InChI is InChI=1S/C14H25N3S/c1-17(2)14(8-5-9-14)10-15-12-16-13(11-18-12)6-3-4-7-13/h3-11H2,1-2H3,(H,15,16). The van der Waals surface area contributed by atoms with Gasteiger partial charge in [0.05, 0.1) is 6.54 Å². The third kappa shape index (κ3) is 2.18. The van der Waals surface area contributed by atoms with Gasteiger partial charge in [0.1, 0.15) is 0 Å². The highest BCUT2D eigenvalue weighted by Gasteiger charge is 2.41. The number of amidine groups is 1. The van der Waals surface area contributed by atoms with E-state index in [1.807, 2.05) is 11.8 Å². The smallest absolute Gasteiger partial charge is 0.157 e. The zero-order valence-corrected chi connectivity index (χ0v) is 12.5. The molecule has 0 aromatic rings. The summed E-state index contributed by atoms with van der Waals surface area (Å²) in [5, 5.41) is 4.93. The van der Waals surface area contributed by atoms with Gasteiger partial charge in [0.15, 0.2) is 5.17 Å². The minimum absolute atomic E-state index is 0.362. The van der Waals surface area contributed by atoms with Gasteiger partial charge < -0.3 is 10.2 Å². The van der Waals surface area contributed by atoms with E-state index in [2.05, 4.69) is 24.3 Å². The Kier molecular flexibility index (Phi) is 3.35. The van der Waals surface area contributed by atoms with Crippen molar-refractivity contribution in [1.29, 1.82) is 0 Å². The minimum atomic E-state index is 0.362. The molecule has 0 aromatic carbocycles. The molecule has 2 saturated carbocycles. The van der Waals surface area contributed by atoms with E-state index >= 15 is 0 Å². The summed E-state index contributed by atoms with van der Waals surface area (Å²) >= 11 is 1.95. The van der Waals surface area contributed by atoms with Gasteiger partial charge in [0, 0.05) is 16.8 Å². The second kappa shape index (κ2) is 4.71. The Bertz CT molecular complexity index is 341. The first kappa shape index (κ1) is 12.8. The van der Waals surface area contributed by atoms with Crippen LogP contribution in [0.25, 0.3) is 0 Å². The van der Waals surface area contributed by atoms with E-state index in [1.165, 1.54) is 55.9 Å². The van der Waals surface area contributed by atoms with Crippen LogP contribution in [-0.2, 0) is 0 Å². The van der Waals surface area contributed by atoms with Crippen LogP contribution in [0, 0.1) is 0 Å². The summed E-state index contributed by atoms with van der Waals surface area (Å²) in [6.45, 7) is 0.978. The van der Waals surface area contributed by atoms with E-state index in [9.17, 15) is 0 Å². The maximum absolute atomic E-state index is 4.88. The molecule has 0 bridgehead atoms. The maximum Gasteiger partial charge on any atom is 0.157 e. The number of rotatable bonds is 3. The predicted octanol–water partition coefficient (Wildman–Crippen LogP) is 2.48. The molecule has 1 saturated heterocycles. The van der Waals surface area contributed by atoms with Gasteiger partial charge in [-0.1, -0.05) is 24.6 Å². The van der Waals surface area contributed by atoms with Crippen LogP contribution in [0.15, 0.2) is 4.99 Å². The largest absolute Gasteiger partial charge is 0.359 e. The van der Waals surface area contributed by atoms with Crippen molar-refractivity contribution in [2.45, 2.75) is 56.0 Å². The SMILES string of the molecule is CN(C)C1(CN=C2NC3(CCCC3)CS2)CCC1. The lowest BCUT2D eigenvalue weighted by Crippen LogP contribution is -2.52. The van der Waals surface area contributed by atoms with Gasteiger partial charge in [-0.05, 0) is 46.2 Å². The molecule has 3 fully saturated rings. The highest BCUT2D eigenvalue weighted by molar-refractivity contribution is 8.14. The molecule has 3 aliphatic rings. The zero-order valence-electron chi connectivity index (χ0n) is 11.7. The fourth-order valence-corrected chi connectivity index (χ4v) is 4.68. The van der Waals surface area contributed by atoms with Crippen molar-refractivity contribution in [3.8, 4) is 0 Å². The van der Waals surface area contributed by atoms with E-state index in [0.717, 1.165) is 6.54 Å². The van der Waals surface area contributed by atoms with E-state index < -0.39 is 0 Å². The van der Waals surface area contributed by atoms with E-state index in [-0.39, 0.29) is 0 Å². The summed E-state index contributed by atoms with van der Waals surface area (Å²) < 4.78 is 0. The summed E-state index contributed by atoms with van der Waals surface area (Å²) in [5.74, 6) is 1.24. The Morgan fingerprint density at radius 2 is 1.89 bits per heavy atom. The van der Waals surface area contributed by atoms with Gasteiger partial charge in [-0.15, -0.1) is 0 Å². The summed E-state index contributed by atoms with van der Waals surface area (Å²) in [4.78, 5) is 7.26. The third-order valence-electron chi connectivity index (χ3n) is 5.17. The summed E-state index contributed by atoms with van der Waals surface area (Å²) in [6, 6.07) is 0. The van der Waals surface area contributed by atoms with Crippen molar-refractivity contribution in [2.75, 3.05) is 26.4 Å². The Morgan fingerprint density at radius 1 is 1.17 bits per heavy atom. The van der Waals surface area contributed by atoms with Crippen molar-refractivity contribution in [2.24, 2.45) is 4.99 Å². The molecule has 4 heteroatoms. The number of hydrogen-bond donors (Lipinski definition) is 1. The molecule has 0 unspecified atom stereocenters. The Balaban J connectivity index is 1.60. The fraction of sp³-hybridized carbons (Fsp3) is 0.929. The highest BCUT2D eigenvalue weighted by atomic mass is 32.2. The van der Waals surface area contributed by atoms with E-state index in [1.54, 1.807) is 0 Å². The van der Waals surface area contributed by atoms with Crippen LogP contribution in [-0.4, -0.2) is 47.5 Å². The van der Waals surface area contributed by atoms with Crippen LogP contribution in [0.5, 0.6) is 0 Å². The highest BCUT2D eigenvalue weighted by Crippen LogP contribution is 2.39. The Morgan fingerprint density at radius 3 is 2.44 bits per heavy atom. The number of hydrogen-bond acceptors (Lipinski definition) is 3. The summed E-state index contributed by atoms with van der Waals surface area (Å²) in [5.41, 5.74) is 0.773. The van der Waals surface area contributed by atoms with Crippen LogP contribution >= 0.6 is 11.8 Å². The lowest BCUT2D eigenvalue weighted by Gasteiger charge is -2.46. The predicted molar refractivity (Wildman–Crippen MR) is 79.4 cm³/mol. The minimum Gasteiger partial charge on any atom is -0.359 e. The van der Waals surface area contributed by atoms with E-state index in [4.69, 9.17) is 4.99 Å². The first-order valence-corrected chi connectivity index (χ1v) is 8.26. The van der Waals surface area contributed by atoms with Gasteiger partial charge in [0.25, 0.3) is 0 Å². The van der Waals surface area contributed by atoms with Crippen LogP contribution in [0.4, 0.5) is 0 Å².